The number of piperidine rings is 1. The van der Waals surface area contributed by atoms with E-state index < -0.39 is 6.04 Å². The van der Waals surface area contributed by atoms with E-state index in [0.29, 0.717) is 16.5 Å². The molecular formula is C19H25ClN2O2. The fraction of sp³-hybridized carbons (Fsp3) is 0.579. The van der Waals surface area contributed by atoms with E-state index in [2.05, 4.69) is 5.32 Å². The normalized spacial score (nSPS) is 24.8. The quantitative estimate of drug-likeness (QED) is 0.908. The van der Waals surface area contributed by atoms with Crippen molar-refractivity contribution in [1.82, 2.24) is 10.2 Å². The highest BCUT2D eigenvalue weighted by Gasteiger charge is 2.34. The number of hydrogen-bond acceptors (Lipinski definition) is 2. The van der Waals surface area contributed by atoms with E-state index in [1.54, 1.807) is 31.2 Å². The zero-order chi connectivity index (χ0) is 17.1. The molecule has 2 fully saturated rings. The maximum atomic E-state index is 12.7. The van der Waals surface area contributed by atoms with Gasteiger partial charge in [-0.25, -0.2) is 0 Å². The zero-order valence-electron chi connectivity index (χ0n) is 14.1. The Balaban J connectivity index is 1.58. The first-order valence-electron chi connectivity index (χ1n) is 8.90. The van der Waals surface area contributed by atoms with Gasteiger partial charge in [-0.2, -0.15) is 0 Å². The Kier molecular flexibility index (Phi) is 5.44. The maximum absolute atomic E-state index is 12.7. The molecule has 130 valence electrons. The number of amides is 2. The predicted molar refractivity (Wildman–Crippen MR) is 95.0 cm³/mol. The van der Waals surface area contributed by atoms with Gasteiger partial charge in [0.1, 0.15) is 6.04 Å². The second kappa shape index (κ2) is 7.56. The van der Waals surface area contributed by atoms with E-state index in [1.165, 1.54) is 25.7 Å². The average molecular weight is 349 g/mol. The molecule has 0 spiro atoms. The SMILES string of the molecule is C[C@H](NC(=O)c1ccccc1Cl)C(=O)N1CC[C@@H]2CCCC[C@@H]2C1. The number of halogens is 1. The molecule has 0 radical (unpaired) electrons. The van der Waals surface area contributed by atoms with Crippen molar-refractivity contribution in [3.05, 3.63) is 34.9 Å². The Morgan fingerprint density at radius 3 is 2.62 bits per heavy atom. The number of nitrogens with zero attached hydrogens (tertiary/aromatic N) is 1. The number of rotatable bonds is 3. The van der Waals surface area contributed by atoms with Crippen molar-refractivity contribution in [3.63, 3.8) is 0 Å². The molecule has 1 aromatic carbocycles. The molecule has 1 saturated heterocycles. The Morgan fingerprint density at radius 2 is 1.88 bits per heavy atom. The molecule has 4 nitrogen and oxygen atoms in total. The topological polar surface area (TPSA) is 49.4 Å². The molecule has 1 heterocycles. The Hall–Kier alpha value is -1.55. The lowest BCUT2D eigenvalue weighted by Crippen LogP contribution is -2.52. The molecule has 2 aliphatic rings. The summed E-state index contributed by atoms with van der Waals surface area (Å²) in [7, 11) is 0. The lowest BCUT2D eigenvalue weighted by Gasteiger charge is -2.42. The molecule has 24 heavy (non-hydrogen) atoms. The largest absolute Gasteiger partial charge is 0.341 e. The highest BCUT2D eigenvalue weighted by Crippen LogP contribution is 2.36. The third-order valence-electron chi connectivity index (χ3n) is 5.44. The Morgan fingerprint density at radius 1 is 1.17 bits per heavy atom. The van der Waals surface area contributed by atoms with Crippen molar-refractivity contribution in [3.8, 4) is 0 Å². The van der Waals surface area contributed by atoms with Crippen LogP contribution in [0.5, 0.6) is 0 Å². The van der Waals surface area contributed by atoms with Crippen LogP contribution in [0.4, 0.5) is 0 Å². The van der Waals surface area contributed by atoms with Crippen molar-refractivity contribution < 1.29 is 9.59 Å². The monoisotopic (exact) mass is 348 g/mol. The molecule has 5 heteroatoms. The van der Waals surface area contributed by atoms with Crippen LogP contribution in [0, 0.1) is 11.8 Å². The van der Waals surface area contributed by atoms with Crippen LogP contribution in [0.15, 0.2) is 24.3 Å². The van der Waals surface area contributed by atoms with E-state index >= 15 is 0 Å². The van der Waals surface area contributed by atoms with Crippen molar-refractivity contribution >= 4 is 23.4 Å². The number of likely N-dealkylation sites (tertiary alicyclic amines) is 1. The van der Waals surface area contributed by atoms with Gasteiger partial charge in [-0.3, -0.25) is 9.59 Å². The smallest absolute Gasteiger partial charge is 0.253 e. The zero-order valence-corrected chi connectivity index (χ0v) is 14.9. The molecule has 0 aromatic heterocycles. The summed E-state index contributed by atoms with van der Waals surface area (Å²) in [6.07, 6.45) is 6.25. The van der Waals surface area contributed by atoms with Crippen LogP contribution in [-0.4, -0.2) is 35.8 Å². The van der Waals surface area contributed by atoms with Crippen molar-refractivity contribution in [1.29, 1.82) is 0 Å². The second-order valence-corrected chi connectivity index (χ2v) is 7.46. The van der Waals surface area contributed by atoms with Crippen LogP contribution in [0.3, 0.4) is 0 Å². The minimum absolute atomic E-state index is 0.0134. The first-order chi connectivity index (χ1) is 11.6. The molecule has 1 aliphatic carbocycles. The summed E-state index contributed by atoms with van der Waals surface area (Å²) in [6.45, 7) is 3.41. The summed E-state index contributed by atoms with van der Waals surface area (Å²) < 4.78 is 0. The lowest BCUT2D eigenvalue weighted by atomic mass is 9.75. The van der Waals surface area contributed by atoms with Gasteiger partial charge in [0.15, 0.2) is 0 Å². The van der Waals surface area contributed by atoms with Crippen LogP contribution in [0.25, 0.3) is 0 Å². The van der Waals surface area contributed by atoms with Crippen LogP contribution in [0.1, 0.15) is 49.4 Å². The van der Waals surface area contributed by atoms with Gasteiger partial charge in [-0.15, -0.1) is 0 Å². The molecule has 0 bridgehead atoms. The first kappa shape index (κ1) is 17.3. The number of benzene rings is 1. The molecule has 2 amide bonds. The van der Waals surface area contributed by atoms with Gasteiger partial charge in [0.2, 0.25) is 5.91 Å². The summed E-state index contributed by atoms with van der Waals surface area (Å²) >= 11 is 6.05. The standard InChI is InChI=1S/C19H25ClN2O2/c1-13(21-18(23)16-8-4-5-9-17(16)20)19(24)22-11-10-14-6-2-3-7-15(14)12-22/h4-5,8-9,13-15H,2-3,6-7,10-12H2,1H3,(H,21,23)/t13-,14-,15+/m0/s1. The summed E-state index contributed by atoms with van der Waals surface area (Å²) in [6, 6.07) is 6.36. The predicted octanol–water partition coefficient (Wildman–Crippen LogP) is 3.50. The first-order valence-corrected chi connectivity index (χ1v) is 9.28. The van der Waals surface area contributed by atoms with E-state index in [0.717, 1.165) is 25.4 Å². The summed E-state index contributed by atoms with van der Waals surface area (Å²) in [5.41, 5.74) is 0.407. The van der Waals surface area contributed by atoms with Crippen LogP contribution in [0.2, 0.25) is 5.02 Å². The number of carbonyl (C=O) groups is 2. The molecule has 3 rings (SSSR count). The number of nitrogens with one attached hydrogen (secondary N) is 1. The Labute approximate surface area is 148 Å². The summed E-state index contributed by atoms with van der Waals surface area (Å²) in [4.78, 5) is 27.0. The molecule has 1 aliphatic heterocycles. The second-order valence-electron chi connectivity index (χ2n) is 7.05. The van der Waals surface area contributed by atoms with Crippen LogP contribution >= 0.6 is 11.6 Å². The molecule has 1 aromatic rings. The summed E-state index contributed by atoms with van der Waals surface area (Å²) in [5, 5.41) is 3.19. The van der Waals surface area contributed by atoms with Gasteiger partial charge in [0.25, 0.3) is 5.91 Å². The molecule has 1 N–H and O–H groups in total. The third-order valence-corrected chi connectivity index (χ3v) is 5.77. The number of hydrogen-bond donors (Lipinski definition) is 1. The lowest BCUT2D eigenvalue weighted by molar-refractivity contribution is -0.135. The Bertz CT molecular complexity index is 619. The summed E-state index contributed by atoms with van der Waals surface area (Å²) in [5.74, 6) is 1.15. The maximum Gasteiger partial charge on any atom is 0.253 e. The van der Waals surface area contributed by atoms with Crippen molar-refractivity contribution in [2.24, 2.45) is 11.8 Å². The molecular weight excluding hydrogens is 324 g/mol. The molecule has 1 saturated carbocycles. The fourth-order valence-electron chi connectivity index (χ4n) is 4.06. The van der Waals surface area contributed by atoms with Crippen molar-refractivity contribution in [2.75, 3.05) is 13.1 Å². The molecule has 0 unspecified atom stereocenters. The number of carbonyl (C=O) groups excluding carboxylic acids is 2. The minimum atomic E-state index is -0.533. The number of fused-ring (bicyclic) bond motifs is 1. The molecule has 3 atom stereocenters. The van der Waals surface area contributed by atoms with Crippen LogP contribution in [-0.2, 0) is 4.79 Å². The average Bonchev–Trinajstić information content (AvgIpc) is 2.60. The van der Waals surface area contributed by atoms with Gasteiger partial charge in [0, 0.05) is 13.1 Å². The van der Waals surface area contributed by atoms with Gasteiger partial charge in [-0.1, -0.05) is 43.0 Å². The van der Waals surface area contributed by atoms with E-state index in [1.807, 2.05) is 4.90 Å². The van der Waals surface area contributed by atoms with E-state index in [-0.39, 0.29) is 11.8 Å². The highest BCUT2D eigenvalue weighted by atomic mass is 35.5. The van der Waals surface area contributed by atoms with Gasteiger partial charge in [0.05, 0.1) is 10.6 Å². The third kappa shape index (κ3) is 3.75. The van der Waals surface area contributed by atoms with Crippen molar-refractivity contribution in [2.45, 2.75) is 45.1 Å². The van der Waals surface area contributed by atoms with Gasteiger partial charge in [-0.05, 0) is 43.7 Å². The highest BCUT2D eigenvalue weighted by molar-refractivity contribution is 6.33. The fourth-order valence-corrected chi connectivity index (χ4v) is 4.28. The van der Waals surface area contributed by atoms with Crippen LogP contribution < -0.4 is 5.32 Å². The van der Waals surface area contributed by atoms with Gasteiger partial charge >= 0.3 is 0 Å². The minimum Gasteiger partial charge on any atom is -0.341 e. The van der Waals surface area contributed by atoms with E-state index in [4.69, 9.17) is 11.6 Å². The van der Waals surface area contributed by atoms with E-state index in [9.17, 15) is 9.59 Å². The van der Waals surface area contributed by atoms with Gasteiger partial charge < -0.3 is 10.2 Å².